The molecule has 0 spiro atoms. The van der Waals surface area contributed by atoms with E-state index < -0.39 is 17.8 Å². The number of benzene rings is 1. The van der Waals surface area contributed by atoms with Crippen molar-refractivity contribution in [3.63, 3.8) is 0 Å². The smallest absolute Gasteiger partial charge is 0.224 e. The summed E-state index contributed by atoms with van der Waals surface area (Å²) in [5.41, 5.74) is 0.0310. The number of halogens is 2. The predicted octanol–water partition coefficient (Wildman–Crippen LogP) is 4.26. The normalized spacial score (nSPS) is 21.0. The molecule has 2 heterocycles. The maximum atomic E-state index is 14.3. The zero-order chi connectivity index (χ0) is 24.6. The summed E-state index contributed by atoms with van der Waals surface area (Å²) in [7, 11) is 0. The molecule has 1 saturated heterocycles. The molecule has 34 heavy (non-hydrogen) atoms. The molecule has 3 N–H and O–H groups in total. The fraction of sp³-hybridized carbons (Fsp3) is 0.520. The van der Waals surface area contributed by atoms with E-state index in [9.17, 15) is 24.0 Å². The Morgan fingerprint density at radius 1 is 1.32 bits per heavy atom. The van der Waals surface area contributed by atoms with E-state index in [-0.39, 0.29) is 58.1 Å². The molecular formula is C25H28ClFN4O3. The van der Waals surface area contributed by atoms with E-state index in [1.165, 1.54) is 6.07 Å². The first-order chi connectivity index (χ1) is 16.1. The van der Waals surface area contributed by atoms with Crippen molar-refractivity contribution in [2.24, 2.45) is 17.8 Å². The monoisotopic (exact) mass is 486 g/mol. The molecule has 2 amide bonds. The van der Waals surface area contributed by atoms with Gasteiger partial charge in [0.15, 0.2) is 11.6 Å². The van der Waals surface area contributed by atoms with E-state index in [4.69, 9.17) is 11.6 Å². The average molecular weight is 487 g/mol. The Kier molecular flexibility index (Phi) is 6.68. The fourth-order valence-corrected chi connectivity index (χ4v) is 4.92. The topological polar surface area (TPSA) is 115 Å². The number of carbonyl (C=O) groups excluding carboxylic acids is 3. The molecule has 2 aromatic rings. The zero-order valence-corrected chi connectivity index (χ0v) is 20.0. The molecule has 1 aliphatic carbocycles. The lowest BCUT2D eigenvalue weighted by molar-refractivity contribution is -0.127. The van der Waals surface area contributed by atoms with Gasteiger partial charge in [0.05, 0.1) is 22.3 Å². The number of H-pyrrole nitrogens is 1. The number of nitrogens with zero attached hydrogens (tertiary/aromatic N) is 1. The molecule has 1 saturated carbocycles. The molecule has 9 heteroatoms. The number of hydrogen-bond acceptors (Lipinski definition) is 4. The first-order valence-electron chi connectivity index (χ1n) is 11.6. The molecule has 2 aliphatic rings. The second kappa shape index (κ2) is 9.38. The first kappa shape index (κ1) is 24.2. The summed E-state index contributed by atoms with van der Waals surface area (Å²) in [6.45, 7) is 3.85. The third-order valence-electron chi connectivity index (χ3n) is 6.69. The summed E-state index contributed by atoms with van der Waals surface area (Å²) in [5, 5.41) is 15.7. The molecular weight excluding hydrogens is 459 g/mol. The van der Waals surface area contributed by atoms with Crippen LogP contribution in [-0.2, 0) is 9.59 Å². The van der Waals surface area contributed by atoms with Crippen LogP contribution in [0.3, 0.4) is 0 Å². The van der Waals surface area contributed by atoms with Crippen molar-refractivity contribution in [1.29, 1.82) is 5.26 Å². The highest BCUT2D eigenvalue weighted by molar-refractivity contribution is 6.31. The van der Waals surface area contributed by atoms with Crippen LogP contribution >= 0.6 is 11.6 Å². The van der Waals surface area contributed by atoms with Gasteiger partial charge in [-0.3, -0.25) is 14.4 Å². The fourth-order valence-electron chi connectivity index (χ4n) is 4.77. The standard InChI is InChI=1S/C25H28ClFN4O3/c1-25(2)11-16(24(34)31-25)8-17(12-28)29-23(33)15(7-13-3-4-13)10-20(32)19-9-14-5-6-18(26)21(27)22(14)30-19/h5-6,9,13,15-17,30H,3-4,7-8,10-11H2,1-2H3,(H,29,33)(H,31,34)/t15-,16-,17+/m1/s1. The number of nitrogens with one attached hydrogen (secondary N) is 3. The second-order valence-electron chi connectivity index (χ2n) is 10.2. The average Bonchev–Trinajstić information content (AvgIpc) is 3.41. The van der Waals surface area contributed by atoms with Crippen LogP contribution in [0.1, 0.15) is 62.9 Å². The van der Waals surface area contributed by atoms with Gasteiger partial charge >= 0.3 is 0 Å². The van der Waals surface area contributed by atoms with E-state index in [0.29, 0.717) is 24.1 Å². The minimum Gasteiger partial charge on any atom is -0.351 e. The minimum atomic E-state index is -0.821. The van der Waals surface area contributed by atoms with Gasteiger partial charge in [-0.25, -0.2) is 4.39 Å². The molecule has 7 nitrogen and oxygen atoms in total. The summed E-state index contributed by atoms with van der Waals surface area (Å²) < 4.78 is 14.3. The van der Waals surface area contributed by atoms with E-state index in [0.717, 1.165) is 12.8 Å². The summed E-state index contributed by atoms with van der Waals surface area (Å²) >= 11 is 5.83. The quantitative estimate of drug-likeness (QED) is 0.459. The maximum Gasteiger partial charge on any atom is 0.224 e. The number of rotatable bonds is 9. The maximum absolute atomic E-state index is 14.3. The van der Waals surface area contributed by atoms with Gasteiger partial charge in [0.25, 0.3) is 0 Å². The van der Waals surface area contributed by atoms with Crippen LogP contribution in [0.25, 0.3) is 10.9 Å². The van der Waals surface area contributed by atoms with Gasteiger partial charge in [0.2, 0.25) is 11.8 Å². The van der Waals surface area contributed by atoms with Crippen molar-refractivity contribution < 1.29 is 18.8 Å². The molecule has 0 unspecified atom stereocenters. The Morgan fingerprint density at radius 2 is 2.06 bits per heavy atom. The van der Waals surface area contributed by atoms with Crippen molar-refractivity contribution >= 4 is 40.1 Å². The van der Waals surface area contributed by atoms with E-state index in [1.54, 1.807) is 12.1 Å². The van der Waals surface area contributed by atoms with Crippen LogP contribution in [-0.4, -0.2) is 34.2 Å². The highest BCUT2D eigenvalue weighted by Crippen LogP contribution is 2.37. The molecule has 0 bridgehead atoms. The number of aromatic amines is 1. The number of fused-ring (bicyclic) bond motifs is 1. The lowest BCUT2D eigenvalue weighted by Crippen LogP contribution is -2.40. The summed E-state index contributed by atoms with van der Waals surface area (Å²) in [4.78, 5) is 41.1. The molecule has 0 radical (unpaired) electrons. The molecule has 1 aromatic heterocycles. The van der Waals surface area contributed by atoms with Crippen molar-refractivity contribution in [3.05, 3.63) is 34.7 Å². The van der Waals surface area contributed by atoms with Gasteiger partial charge in [0, 0.05) is 29.2 Å². The molecule has 1 aliphatic heterocycles. The Hall–Kier alpha value is -2.92. The van der Waals surface area contributed by atoms with Crippen LogP contribution in [0.4, 0.5) is 4.39 Å². The molecule has 3 atom stereocenters. The first-order valence-corrected chi connectivity index (χ1v) is 12.0. The SMILES string of the molecule is CC1(C)C[C@@H](C[C@@H](C#N)NC(=O)[C@@H](CC(=O)c2cc3ccc(Cl)c(F)c3[nH]2)CC2CC2)C(=O)N1. The Labute approximate surface area is 202 Å². The third kappa shape index (κ3) is 5.41. The van der Waals surface area contributed by atoms with E-state index in [2.05, 4.69) is 21.7 Å². The van der Waals surface area contributed by atoms with Gasteiger partial charge < -0.3 is 15.6 Å². The number of ketones is 1. The van der Waals surface area contributed by atoms with Crippen molar-refractivity contribution in [3.8, 4) is 6.07 Å². The molecule has 4 rings (SSSR count). The van der Waals surface area contributed by atoms with Gasteiger partial charge in [-0.15, -0.1) is 0 Å². The summed E-state index contributed by atoms with van der Waals surface area (Å²) in [6, 6.07) is 5.88. The lowest BCUT2D eigenvalue weighted by Gasteiger charge is -2.20. The van der Waals surface area contributed by atoms with Crippen molar-refractivity contribution in [1.82, 2.24) is 15.6 Å². The number of amides is 2. The highest BCUT2D eigenvalue weighted by Gasteiger charge is 2.39. The minimum absolute atomic E-state index is 0.0405. The number of carbonyl (C=O) groups is 3. The zero-order valence-electron chi connectivity index (χ0n) is 19.2. The predicted molar refractivity (Wildman–Crippen MR) is 126 cm³/mol. The van der Waals surface area contributed by atoms with Gasteiger partial charge in [-0.05, 0) is 51.2 Å². The van der Waals surface area contributed by atoms with Crippen LogP contribution in [0, 0.1) is 34.9 Å². The third-order valence-corrected chi connectivity index (χ3v) is 6.98. The lowest BCUT2D eigenvalue weighted by atomic mass is 9.90. The number of hydrogen-bond donors (Lipinski definition) is 3. The van der Waals surface area contributed by atoms with Crippen LogP contribution in [0.5, 0.6) is 0 Å². The van der Waals surface area contributed by atoms with Gasteiger partial charge in [-0.2, -0.15) is 5.26 Å². The van der Waals surface area contributed by atoms with Crippen LogP contribution < -0.4 is 10.6 Å². The molecule has 180 valence electrons. The number of aromatic nitrogens is 1. The Morgan fingerprint density at radius 3 is 2.68 bits per heavy atom. The molecule has 2 fully saturated rings. The van der Waals surface area contributed by atoms with Gasteiger partial charge in [-0.1, -0.05) is 30.5 Å². The largest absolute Gasteiger partial charge is 0.351 e. The van der Waals surface area contributed by atoms with Crippen molar-refractivity contribution in [2.75, 3.05) is 0 Å². The Bertz CT molecular complexity index is 1180. The number of nitriles is 1. The second-order valence-corrected chi connectivity index (χ2v) is 10.6. The van der Waals surface area contributed by atoms with Crippen LogP contribution in [0.2, 0.25) is 5.02 Å². The summed E-state index contributed by atoms with van der Waals surface area (Å²) in [5.74, 6) is -1.99. The van der Waals surface area contributed by atoms with E-state index in [1.807, 2.05) is 13.8 Å². The Balaban J connectivity index is 1.44. The van der Waals surface area contributed by atoms with Gasteiger partial charge in [0.1, 0.15) is 6.04 Å². The molecule has 1 aromatic carbocycles. The summed E-state index contributed by atoms with van der Waals surface area (Å²) in [6.07, 6.45) is 3.32. The van der Waals surface area contributed by atoms with E-state index >= 15 is 0 Å². The van der Waals surface area contributed by atoms with Crippen LogP contribution in [0.15, 0.2) is 18.2 Å². The van der Waals surface area contributed by atoms with Crippen molar-refractivity contribution in [2.45, 2.75) is 64.0 Å². The number of Topliss-reactive ketones (excluding diaryl/α,β-unsaturated/α-hetero) is 1. The highest BCUT2D eigenvalue weighted by atomic mass is 35.5.